The van der Waals surface area contributed by atoms with Crippen molar-refractivity contribution >= 4 is 0 Å². The molecule has 1 aliphatic rings. The van der Waals surface area contributed by atoms with Gasteiger partial charge in [0.1, 0.15) is 0 Å². The Balaban J connectivity index is 1.85. The van der Waals surface area contributed by atoms with Crippen molar-refractivity contribution in [1.82, 2.24) is 14.8 Å². The number of hydrogen-bond acceptors (Lipinski definition) is 3. The van der Waals surface area contributed by atoms with Crippen LogP contribution in [0.2, 0.25) is 0 Å². The van der Waals surface area contributed by atoms with Crippen LogP contribution in [0.3, 0.4) is 0 Å². The Kier molecular flexibility index (Phi) is 4.96. The van der Waals surface area contributed by atoms with Crippen LogP contribution in [0, 0.1) is 0 Å². The first kappa shape index (κ1) is 13.3. The van der Waals surface area contributed by atoms with Gasteiger partial charge in [0.05, 0.1) is 0 Å². The van der Waals surface area contributed by atoms with Gasteiger partial charge in [0.25, 0.3) is 5.56 Å². The molecular formula is C14H23N3O. The molecule has 1 N–H and O–H groups in total. The lowest BCUT2D eigenvalue weighted by Gasteiger charge is -2.26. The molecule has 1 aromatic heterocycles. The molecule has 1 aromatic rings. The molecule has 100 valence electrons. The number of rotatable bonds is 4. The second kappa shape index (κ2) is 6.71. The Morgan fingerprint density at radius 1 is 1.39 bits per heavy atom. The Morgan fingerprint density at radius 3 is 3.11 bits per heavy atom. The lowest BCUT2D eigenvalue weighted by molar-refractivity contribution is 0.216. The second-order valence-corrected chi connectivity index (χ2v) is 5.05. The summed E-state index contributed by atoms with van der Waals surface area (Å²) in [6.07, 6.45) is 5.58. The zero-order chi connectivity index (χ0) is 12.8. The van der Waals surface area contributed by atoms with Gasteiger partial charge in [-0.05, 0) is 45.5 Å². The van der Waals surface area contributed by atoms with Gasteiger partial charge in [-0.25, -0.2) is 0 Å². The fraction of sp³-hybridized carbons (Fsp3) is 0.643. The SMILES string of the molecule is CN(CCn1ccccc1=O)C1CCCNCC1. The Labute approximate surface area is 109 Å². The average molecular weight is 249 g/mol. The molecule has 2 rings (SSSR count). The van der Waals surface area contributed by atoms with E-state index in [0.717, 1.165) is 26.2 Å². The summed E-state index contributed by atoms with van der Waals surface area (Å²) in [4.78, 5) is 14.0. The molecule has 0 saturated carbocycles. The van der Waals surface area contributed by atoms with Crippen LogP contribution in [0.4, 0.5) is 0 Å². The molecule has 0 bridgehead atoms. The molecule has 0 aromatic carbocycles. The fourth-order valence-electron chi connectivity index (χ4n) is 2.53. The highest BCUT2D eigenvalue weighted by Gasteiger charge is 2.16. The highest BCUT2D eigenvalue weighted by atomic mass is 16.1. The van der Waals surface area contributed by atoms with Crippen LogP contribution in [0.1, 0.15) is 19.3 Å². The first-order chi connectivity index (χ1) is 8.77. The van der Waals surface area contributed by atoms with Crippen LogP contribution in [0.5, 0.6) is 0 Å². The minimum absolute atomic E-state index is 0.0911. The van der Waals surface area contributed by atoms with Gasteiger partial charge in [-0.2, -0.15) is 0 Å². The lowest BCUT2D eigenvalue weighted by Crippen LogP contribution is -2.36. The van der Waals surface area contributed by atoms with E-state index >= 15 is 0 Å². The Morgan fingerprint density at radius 2 is 2.28 bits per heavy atom. The summed E-state index contributed by atoms with van der Waals surface area (Å²) in [6, 6.07) is 5.98. The molecule has 1 fully saturated rings. The molecule has 0 aliphatic carbocycles. The van der Waals surface area contributed by atoms with E-state index in [9.17, 15) is 4.79 Å². The van der Waals surface area contributed by atoms with E-state index in [0.29, 0.717) is 6.04 Å². The van der Waals surface area contributed by atoms with Crippen molar-refractivity contribution in [2.24, 2.45) is 0 Å². The minimum Gasteiger partial charge on any atom is -0.317 e. The van der Waals surface area contributed by atoms with E-state index in [1.807, 2.05) is 12.3 Å². The molecular weight excluding hydrogens is 226 g/mol. The topological polar surface area (TPSA) is 37.3 Å². The van der Waals surface area contributed by atoms with Crippen LogP contribution in [-0.4, -0.2) is 42.2 Å². The average Bonchev–Trinajstić information content (AvgIpc) is 2.66. The number of nitrogens with zero attached hydrogens (tertiary/aromatic N) is 2. The third-order valence-corrected chi connectivity index (χ3v) is 3.76. The van der Waals surface area contributed by atoms with Crippen LogP contribution < -0.4 is 10.9 Å². The molecule has 0 spiro atoms. The van der Waals surface area contributed by atoms with Gasteiger partial charge in [0.15, 0.2) is 0 Å². The third-order valence-electron chi connectivity index (χ3n) is 3.76. The van der Waals surface area contributed by atoms with Gasteiger partial charge in [0, 0.05) is 31.4 Å². The summed E-state index contributed by atoms with van der Waals surface area (Å²) >= 11 is 0. The largest absolute Gasteiger partial charge is 0.317 e. The molecule has 4 heteroatoms. The van der Waals surface area contributed by atoms with E-state index in [2.05, 4.69) is 17.3 Å². The van der Waals surface area contributed by atoms with Crippen LogP contribution in [0.25, 0.3) is 0 Å². The Bertz CT molecular complexity index is 408. The van der Waals surface area contributed by atoms with E-state index in [-0.39, 0.29) is 5.56 Å². The first-order valence-corrected chi connectivity index (χ1v) is 6.84. The maximum Gasteiger partial charge on any atom is 0.250 e. The quantitative estimate of drug-likeness (QED) is 0.862. The maximum absolute atomic E-state index is 11.6. The zero-order valence-electron chi connectivity index (χ0n) is 11.1. The van der Waals surface area contributed by atoms with Gasteiger partial charge < -0.3 is 14.8 Å². The fourth-order valence-corrected chi connectivity index (χ4v) is 2.53. The van der Waals surface area contributed by atoms with Gasteiger partial charge in [0.2, 0.25) is 0 Å². The number of aromatic nitrogens is 1. The van der Waals surface area contributed by atoms with E-state index in [1.54, 1.807) is 16.7 Å². The van der Waals surface area contributed by atoms with Crippen LogP contribution in [0.15, 0.2) is 29.2 Å². The number of nitrogens with one attached hydrogen (secondary N) is 1. The number of hydrogen-bond donors (Lipinski definition) is 1. The van der Waals surface area contributed by atoms with Crippen LogP contribution >= 0.6 is 0 Å². The predicted molar refractivity (Wildman–Crippen MR) is 73.8 cm³/mol. The van der Waals surface area contributed by atoms with Crippen LogP contribution in [-0.2, 0) is 6.54 Å². The van der Waals surface area contributed by atoms with Gasteiger partial charge in [-0.15, -0.1) is 0 Å². The second-order valence-electron chi connectivity index (χ2n) is 5.05. The molecule has 1 unspecified atom stereocenters. The molecule has 0 amide bonds. The lowest BCUT2D eigenvalue weighted by atomic mass is 10.1. The first-order valence-electron chi connectivity index (χ1n) is 6.84. The summed E-state index contributed by atoms with van der Waals surface area (Å²) in [5, 5.41) is 3.43. The van der Waals surface area contributed by atoms with Crippen molar-refractivity contribution in [3.05, 3.63) is 34.7 Å². The Hall–Kier alpha value is -1.13. The van der Waals surface area contributed by atoms with E-state index in [1.165, 1.54) is 19.3 Å². The molecule has 4 nitrogen and oxygen atoms in total. The number of likely N-dealkylation sites (N-methyl/N-ethyl adjacent to an activating group) is 1. The summed E-state index contributed by atoms with van der Waals surface area (Å²) in [6.45, 7) is 3.97. The smallest absolute Gasteiger partial charge is 0.250 e. The summed E-state index contributed by atoms with van der Waals surface area (Å²) in [7, 11) is 2.17. The normalized spacial score (nSPS) is 20.9. The predicted octanol–water partition coefficient (Wildman–Crippen LogP) is 0.922. The monoisotopic (exact) mass is 249 g/mol. The maximum atomic E-state index is 11.6. The van der Waals surface area contributed by atoms with Crippen molar-refractivity contribution in [3.8, 4) is 0 Å². The molecule has 0 radical (unpaired) electrons. The molecule has 1 aliphatic heterocycles. The van der Waals surface area contributed by atoms with Crippen molar-refractivity contribution in [3.63, 3.8) is 0 Å². The highest BCUT2D eigenvalue weighted by Crippen LogP contribution is 2.11. The summed E-state index contributed by atoms with van der Waals surface area (Å²) in [5.41, 5.74) is 0.0911. The van der Waals surface area contributed by atoms with Crippen molar-refractivity contribution in [2.75, 3.05) is 26.7 Å². The molecule has 2 heterocycles. The zero-order valence-corrected chi connectivity index (χ0v) is 11.1. The minimum atomic E-state index is 0.0911. The molecule has 1 saturated heterocycles. The highest BCUT2D eigenvalue weighted by molar-refractivity contribution is 4.93. The molecule has 1 atom stereocenters. The summed E-state index contributed by atoms with van der Waals surface area (Å²) in [5.74, 6) is 0. The van der Waals surface area contributed by atoms with Crippen molar-refractivity contribution < 1.29 is 0 Å². The van der Waals surface area contributed by atoms with Crippen molar-refractivity contribution in [1.29, 1.82) is 0 Å². The summed E-state index contributed by atoms with van der Waals surface area (Å²) < 4.78 is 1.78. The molecule has 18 heavy (non-hydrogen) atoms. The van der Waals surface area contributed by atoms with Gasteiger partial charge >= 0.3 is 0 Å². The number of pyridine rings is 1. The van der Waals surface area contributed by atoms with E-state index in [4.69, 9.17) is 0 Å². The van der Waals surface area contributed by atoms with Gasteiger partial charge in [-0.3, -0.25) is 4.79 Å². The standard InChI is InChI=1S/C14H23N3O/c1-16(13-5-4-8-15-9-7-13)11-12-17-10-3-2-6-14(17)18/h2-3,6,10,13,15H,4-5,7-9,11-12H2,1H3. The van der Waals surface area contributed by atoms with Gasteiger partial charge in [-0.1, -0.05) is 6.07 Å². The third kappa shape index (κ3) is 3.68. The van der Waals surface area contributed by atoms with E-state index < -0.39 is 0 Å². The van der Waals surface area contributed by atoms with Crippen molar-refractivity contribution in [2.45, 2.75) is 31.8 Å².